The summed E-state index contributed by atoms with van der Waals surface area (Å²) in [6, 6.07) is 12.9. The first-order chi connectivity index (χ1) is 17.5. The number of carbonyl (C=O) groups excluding carboxylic acids is 1. The molecule has 2 N–H and O–H groups in total. The first-order valence-electron chi connectivity index (χ1n) is 11.9. The highest BCUT2D eigenvalue weighted by Gasteiger charge is 2.32. The summed E-state index contributed by atoms with van der Waals surface area (Å²) in [5, 5.41) is 6.61. The number of aromatic nitrogens is 2. The number of ether oxygens (including phenoxy) is 2. The highest BCUT2D eigenvalue weighted by Crippen LogP contribution is 2.28. The van der Waals surface area contributed by atoms with Crippen molar-refractivity contribution in [1.29, 1.82) is 0 Å². The fraction of sp³-hybridized carbons (Fsp3) is 0.296. The largest absolute Gasteiger partial charge is 0.497 e. The summed E-state index contributed by atoms with van der Waals surface area (Å²) in [4.78, 5) is 18.7. The van der Waals surface area contributed by atoms with Crippen molar-refractivity contribution < 1.29 is 14.3 Å². The second-order valence-corrected chi connectivity index (χ2v) is 8.88. The van der Waals surface area contributed by atoms with E-state index in [0.717, 1.165) is 16.9 Å². The van der Waals surface area contributed by atoms with Crippen LogP contribution < -0.4 is 25.0 Å². The van der Waals surface area contributed by atoms with E-state index < -0.39 is 0 Å². The van der Waals surface area contributed by atoms with Gasteiger partial charge < -0.3 is 24.7 Å². The summed E-state index contributed by atoms with van der Waals surface area (Å²) in [5.74, 6) is 1.15. The highest BCUT2D eigenvalue weighted by molar-refractivity contribution is 7.80. The van der Waals surface area contributed by atoms with Gasteiger partial charge in [0.25, 0.3) is 5.91 Å². The predicted molar refractivity (Wildman–Crippen MR) is 146 cm³/mol. The van der Waals surface area contributed by atoms with E-state index in [1.165, 1.54) is 37.3 Å². The number of amides is 1. The maximum Gasteiger partial charge on any atom is 0.281 e. The van der Waals surface area contributed by atoms with Crippen LogP contribution in [-0.2, 0) is 4.79 Å². The molecule has 3 heterocycles. The first-order valence-corrected chi connectivity index (χ1v) is 12.3. The molecule has 36 heavy (non-hydrogen) atoms. The van der Waals surface area contributed by atoms with Crippen molar-refractivity contribution >= 4 is 35.0 Å². The van der Waals surface area contributed by atoms with Crippen LogP contribution in [0.15, 0.2) is 60.7 Å². The number of nitrogens with one attached hydrogen (secondary N) is 2. The zero-order valence-electron chi connectivity index (χ0n) is 20.8. The minimum Gasteiger partial charge on any atom is -0.497 e. The van der Waals surface area contributed by atoms with E-state index in [-0.39, 0.29) is 5.91 Å². The molecule has 2 saturated heterocycles. The maximum absolute atomic E-state index is 13.0. The summed E-state index contributed by atoms with van der Waals surface area (Å²) in [6.45, 7) is 4.43. The van der Waals surface area contributed by atoms with E-state index in [2.05, 4.69) is 15.6 Å². The third-order valence-corrected chi connectivity index (χ3v) is 6.21. The van der Waals surface area contributed by atoms with Gasteiger partial charge in [0.2, 0.25) is 0 Å². The smallest absolute Gasteiger partial charge is 0.281 e. The van der Waals surface area contributed by atoms with Crippen LogP contribution in [0, 0.1) is 6.92 Å². The molecule has 0 atom stereocenters. The summed E-state index contributed by atoms with van der Waals surface area (Å²) in [5.41, 5.74) is 3.65. The SMILES string of the molecule is C1CCNCC1.COc1ccc(N2C(=O)C(=Cc3ccc(-n4cnc(C)c4)c(OC)c3)NC2=S)cc1. The lowest BCUT2D eigenvalue weighted by Gasteiger charge is -2.14. The highest BCUT2D eigenvalue weighted by atomic mass is 32.1. The van der Waals surface area contributed by atoms with Gasteiger partial charge >= 0.3 is 0 Å². The van der Waals surface area contributed by atoms with E-state index in [0.29, 0.717) is 28.0 Å². The van der Waals surface area contributed by atoms with Crippen LogP contribution in [0.2, 0.25) is 0 Å². The van der Waals surface area contributed by atoms with Gasteiger partial charge in [-0.15, -0.1) is 0 Å². The molecule has 0 bridgehead atoms. The number of methoxy groups -OCH3 is 2. The summed E-state index contributed by atoms with van der Waals surface area (Å²) in [6.07, 6.45) is 9.62. The second-order valence-electron chi connectivity index (χ2n) is 8.49. The van der Waals surface area contributed by atoms with Gasteiger partial charge in [-0.05, 0) is 93.1 Å². The first kappa shape index (κ1) is 25.4. The summed E-state index contributed by atoms with van der Waals surface area (Å²) in [7, 11) is 3.20. The van der Waals surface area contributed by atoms with Gasteiger partial charge in [0.15, 0.2) is 5.11 Å². The number of benzene rings is 2. The van der Waals surface area contributed by atoms with Crippen LogP contribution in [0.1, 0.15) is 30.5 Å². The van der Waals surface area contributed by atoms with Crippen molar-refractivity contribution in [2.24, 2.45) is 0 Å². The quantitative estimate of drug-likeness (QED) is 0.397. The number of anilines is 1. The van der Waals surface area contributed by atoms with Gasteiger partial charge in [0.05, 0.1) is 37.6 Å². The number of hydrogen-bond acceptors (Lipinski definition) is 6. The lowest BCUT2D eigenvalue weighted by atomic mass is 10.1. The number of rotatable bonds is 5. The average Bonchev–Trinajstić information content (AvgIpc) is 3.47. The van der Waals surface area contributed by atoms with Gasteiger partial charge in [-0.1, -0.05) is 12.5 Å². The Kier molecular flexibility index (Phi) is 8.35. The molecule has 2 aliphatic rings. The fourth-order valence-electron chi connectivity index (χ4n) is 4.02. The molecular weight excluding hydrogens is 474 g/mol. The van der Waals surface area contributed by atoms with Gasteiger partial charge in [-0.25, -0.2) is 4.98 Å². The van der Waals surface area contributed by atoms with Crippen molar-refractivity contribution in [3.8, 4) is 17.2 Å². The van der Waals surface area contributed by atoms with Gasteiger partial charge in [0.1, 0.15) is 17.2 Å². The molecule has 3 aromatic rings. The Morgan fingerprint density at radius 2 is 1.78 bits per heavy atom. The number of nitrogens with zero attached hydrogens (tertiary/aromatic N) is 3. The molecule has 0 aliphatic carbocycles. The number of thiocarbonyl (C=S) groups is 1. The van der Waals surface area contributed by atoms with Crippen LogP contribution >= 0.6 is 12.2 Å². The third kappa shape index (κ3) is 5.92. The predicted octanol–water partition coefficient (Wildman–Crippen LogP) is 4.22. The maximum atomic E-state index is 13.0. The number of imidazole rings is 1. The third-order valence-electron chi connectivity index (χ3n) is 5.92. The Hall–Kier alpha value is -3.69. The fourth-order valence-corrected chi connectivity index (χ4v) is 4.32. The molecule has 8 nitrogen and oxygen atoms in total. The molecule has 0 spiro atoms. The van der Waals surface area contributed by atoms with Crippen LogP contribution in [0.3, 0.4) is 0 Å². The minimum absolute atomic E-state index is 0.224. The molecule has 9 heteroatoms. The Morgan fingerprint density at radius 1 is 1.03 bits per heavy atom. The van der Waals surface area contributed by atoms with Crippen molar-refractivity contribution in [2.45, 2.75) is 26.2 Å². The number of piperidine rings is 1. The lowest BCUT2D eigenvalue weighted by molar-refractivity contribution is -0.113. The monoisotopic (exact) mass is 505 g/mol. The topological polar surface area (TPSA) is 80.7 Å². The Bertz CT molecular complexity index is 1240. The molecule has 0 unspecified atom stereocenters. The Morgan fingerprint density at radius 3 is 2.33 bits per heavy atom. The summed E-state index contributed by atoms with van der Waals surface area (Å²) < 4.78 is 12.6. The van der Waals surface area contributed by atoms with Crippen LogP contribution in [0.25, 0.3) is 11.8 Å². The molecule has 2 aromatic carbocycles. The molecule has 5 rings (SSSR count). The Balaban J connectivity index is 0.000000445. The molecule has 1 aromatic heterocycles. The Labute approximate surface area is 216 Å². The van der Waals surface area contributed by atoms with Crippen molar-refractivity contribution in [3.05, 3.63) is 71.9 Å². The summed E-state index contributed by atoms with van der Waals surface area (Å²) >= 11 is 5.38. The normalized spacial score (nSPS) is 16.4. The molecule has 0 saturated carbocycles. The molecule has 0 radical (unpaired) electrons. The molecule has 2 fully saturated rings. The molecule has 1 amide bonds. The molecular formula is C27H31N5O3S. The molecule has 2 aliphatic heterocycles. The van der Waals surface area contributed by atoms with Crippen molar-refractivity contribution in [3.63, 3.8) is 0 Å². The van der Waals surface area contributed by atoms with E-state index in [9.17, 15) is 4.79 Å². The van der Waals surface area contributed by atoms with Crippen molar-refractivity contribution in [2.75, 3.05) is 32.2 Å². The lowest BCUT2D eigenvalue weighted by Crippen LogP contribution is -2.30. The molecule has 188 valence electrons. The van der Waals surface area contributed by atoms with E-state index in [4.69, 9.17) is 21.7 Å². The number of carbonyl (C=O) groups is 1. The van der Waals surface area contributed by atoms with E-state index in [1.807, 2.05) is 35.9 Å². The van der Waals surface area contributed by atoms with Gasteiger partial charge in [-0.3, -0.25) is 9.69 Å². The number of hydrogen-bond donors (Lipinski definition) is 2. The average molecular weight is 506 g/mol. The second kappa shape index (κ2) is 11.8. The number of aryl methyl sites for hydroxylation is 1. The van der Waals surface area contributed by atoms with E-state index in [1.54, 1.807) is 50.9 Å². The van der Waals surface area contributed by atoms with Crippen LogP contribution in [0.4, 0.5) is 5.69 Å². The van der Waals surface area contributed by atoms with Crippen molar-refractivity contribution in [1.82, 2.24) is 20.2 Å². The van der Waals surface area contributed by atoms with Crippen LogP contribution in [-0.4, -0.2) is 47.9 Å². The van der Waals surface area contributed by atoms with Gasteiger partial charge in [-0.2, -0.15) is 0 Å². The zero-order valence-corrected chi connectivity index (χ0v) is 21.6. The van der Waals surface area contributed by atoms with E-state index >= 15 is 0 Å². The standard InChI is InChI=1S/C22H20N4O3S.C5H11N/c1-14-12-25(13-23-14)19-9-4-15(11-20(19)29-3)10-18-21(27)26(22(30)24-18)16-5-7-17(28-2)8-6-16;1-2-4-6-5-3-1/h4-13H,1-3H3,(H,24,30);6H,1-5H2. The van der Waals surface area contributed by atoms with Gasteiger partial charge in [0, 0.05) is 6.20 Å². The minimum atomic E-state index is -0.224. The zero-order chi connectivity index (χ0) is 25.5. The van der Waals surface area contributed by atoms with Crippen LogP contribution in [0.5, 0.6) is 11.5 Å².